The zero-order chi connectivity index (χ0) is 13.5. The van der Waals surface area contributed by atoms with Crippen molar-refractivity contribution < 1.29 is 5.11 Å². The summed E-state index contributed by atoms with van der Waals surface area (Å²) in [6.07, 6.45) is 7.16. The number of aliphatic hydroxyl groups excluding tert-OH is 1. The van der Waals surface area contributed by atoms with Gasteiger partial charge in [0.25, 0.3) is 0 Å². The van der Waals surface area contributed by atoms with Gasteiger partial charge in [0.05, 0.1) is 0 Å². The second kappa shape index (κ2) is 5.01. The number of rotatable bonds is 3. The van der Waals surface area contributed by atoms with Crippen LogP contribution in [0.25, 0.3) is 0 Å². The van der Waals surface area contributed by atoms with Crippen LogP contribution in [0, 0.1) is 0 Å². The van der Waals surface area contributed by atoms with Gasteiger partial charge in [-0.2, -0.15) is 0 Å². The number of hydrogen-bond acceptors (Lipinski definition) is 2. The highest BCUT2D eigenvalue weighted by atomic mass is 32.1. The predicted molar refractivity (Wildman–Crippen MR) is 83.4 cm³/mol. The van der Waals surface area contributed by atoms with Crippen LogP contribution < -0.4 is 0 Å². The van der Waals surface area contributed by atoms with Gasteiger partial charge in [-0.25, -0.2) is 0 Å². The van der Waals surface area contributed by atoms with Crippen molar-refractivity contribution in [3.63, 3.8) is 0 Å². The number of benzene rings is 1. The molecule has 0 spiro atoms. The summed E-state index contributed by atoms with van der Waals surface area (Å²) < 4.78 is 0. The molecule has 0 bridgehead atoms. The SMILES string of the molecule is OC(c1cc2c(s1)CCC2)c1ccccc1C1CCC1. The van der Waals surface area contributed by atoms with Gasteiger partial charge in [-0.1, -0.05) is 30.7 Å². The Kier molecular flexibility index (Phi) is 3.16. The molecule has 0 amide bonds. The molecule has 2 heteroatoms. The molecule has 1 aromatic heterocycles. The molecule has 4 rings (SSSR count). The summed E-state index contributed by atoms with van der Waals surface area (Å²) in [4.78, 5) is 2.64. The van der Waals surface area contributed by atoms with Gasteiger partial charge < -0.3 is 5.11 Å². The van der Waals surface area contributed by atoms with Crippen molar-refractivity contribution >= 4 is 11.3 Å². The molecule has 0 radical (unpaired) electrons. The number of aliphatic hydroxyl groups is 1. The van der Waals surface area contributed by atoms with Crippen molar-refractivity contribution in [1.82, 2.24) is 0 Å². The fraction of sp³-hybridized carbons (Fsp3) is 0.444. The van der Waals surface area contributed by atoms with Crippen LogP contribution >= 0.6 is 11.3 Å². The van der Waals surface area contributed by atoms with Crippen LogP contribution in [0.3, 0.4) is 0 Å². The van der Waals surface area contributed by atoms with Crippen LogP contribution in [0.2, 0.25) is 0 Å². The van der Waals surface area contributed by atoms with E-state index in [0.29, 0.717) is 5.92 Å². The van der Waals surface area contributed by atoms with Crippen LogP contribution in [-0.2, 0) is 12.8 Å². The van der Waals surface area contributed by atoms with Crippen molar-refractivity contribution in [3.8, 4) is 0 Å². The number of hydrogen-bond donors (Lipinski definition) is 1. The van der Waals surface area contributed by atoms with E-state index in [0.717, 1.165) is 10.4 Å². The minimum atomic E-state index is -0.428. The van der Waals surface area contributed by atoms with E-state index < -0.39 is 6.10 Å². The summed E-state index contributed by atoms with van der Waals surface area (Å²) in [6, 6.07) is 10.7. The zero-order valence-electron chi connectivity index (χ0n) is 11.6. The summed E-state index contributed by atoms with van der Waals surface area (Å²) in [5, 5.41) is 10.8. The highest BCUT2D eigenvalue weighted by Gasteiger charge is 2.26. The molecular weight excluding hydrogens is 264 g/mol. The van der Waals surface area contributed by atoms with E-state index in [1.54, 1.807) is 0 Å². The molecule has 1 N–H and O–H groups in total. The Morgan fingerprint density at radius 3 is 2.70 bits per heavy atom. The van der Waals surface area contributed by atoms with Gasteiger partial charge in [0.15, 0.2) is 0 Å². The quantitative estimate of drug-likeness (QED) is 0.874. The third-order valence-electron chi connectivity index (χ3n) is 4.87. The molecule has 1 saturated carbocycles. The Hall–Kier alpha value is -1.12. The third-order valence-corrected chi connectivity index (χ3v) is 6.16. The molecule has 1 nitrogen and oxygen atoms in total. The molecule has 2 aliphatic carbocycles. The Bertz CT molecular complexity index is 603. The van der Waals surface area contributed by atoms with Gasteiger partial charge in [0, 0.05) is 9.75 Å². The average Bonchev–Trinajstić information content (AvgIpc) is 2.97. The lowest BCUT2D eigenvalue weighted by Gasteiger charge is -2.29. The van der Waals surface area contributed by atoms with Gasteiger partial charge in [-0.3, -0.25) is 0 Å². The third kappa shape index (κ3) is 2.02. The van der Waals surface area contributed by atoms with Gasteiger partial charge in [-0.15, -0.1) is 11.3 Å². The molecular formula is C18H20OS. The Balaban J connectivity index is 1.69. The van der Waals surface area contributed by atoms with Crippen molar-refractivity contribution in [1.29, 1.82) is 0 Å². The summed E-state index contributed by atoms with van der Waals surface area (Å²) >= 11 is 1.82. The summed E-state index contributed by atoms with van der Waals surface area (Å²) in [5.74, 6) is 0.674. The van der Waals surface area contributed by atoms with Crippen molar-refractivity contribution in [3.05, 3.63) is 56.8 Å². The molecule has 2 aromatic rings. The molecule has 2 aliphatic rings. The Morgan fingerprint density at radius 2 is 1.95 bits per heavy atom. The minimum absolute atomic E-state index is 0.428. The molecule has 1 unspecified atom stereocenters. The van der Waals surface area contributed by atoms with Crippen LogP contribution in [-0.4, -0.2) is 5.11 Å². The maximum absolute atomic E-state index is 10.8. The first-order valence-electron chi connectivity index (χ1n) is 7.71. The van der Waals surface area contributed by atoms with E-state index in [-0.39, 0.29) is 0 Å². The highest BCUT2D eigenvalue weighted by Crippen LogP contribution is 2.42. The lowest BCUT2D eigenvalue weighted by molar-refractivity contribution is 0.221. The van der Waals surface area contributed by atoms with Crippen LogP contribution in [0.1, 0.15) is 64.1 Å². The zero-order valence-corrected chi connectivity index (χ0v) is 12.5. The molecule has 0 aliphatic heterocycles. The number of fused-ring (bicyclic) bond motifs is 1. The smallest absolute Gasteiger partial charge is 0.113 e. The van der Waals surface area contributed by atoms with E-state index in [1.807, 2.05) is 11.3 Å². The fourth-order valence-corrected chi connectivity index (χ4v) is 4.75. The summed E-state index contributed by atoms with van der Waals surface area (Å²) in [7, 11) is 0. The normalized spacial score (nSPS) is 19.6. The lowest BCUT2D eigenvalue weighted by atomic mass is 9.77. The molecule has 1 aromatic carbocycles. The second-order valence-electron chi connectivity index (χ2n) is 6.11. The minimum Gasteiger partial charge on any atom is -0.383 e. The van der Waals surface area contributed by atoms with Gasteiger partial charge in [-0.05, 0) is 60.8 Å². The molecule has 20 heavy (non-hydrogen) atoms. The molecule has 1 fully saturated rings. The van der Waals surface area contributed by atoms with Gasteiger partial charge in [0.1, 0.15) is 6.10 Å². The van der Waals surface area contributed by atoms with E-state index in [1.165, 1.54) is 54.5 Å². The predicted octanol–water partition coefficient (Wildman–Crippen LogP) is 4.59. The molecule has 1 heterocycles. The lowest BCUT2D eigenvalue weighted by Crippen LogP contribution is -2.13. The number of aryl methyl sites for hydroxylation is 2. The molecule has 104 valence electrons. The van der Waals surface area contributed by atoms with E-state index in [4.69, 9.17) is 0 Å². The number of thiophene rings is 1. The largest absolute Gasteiger partial charge is 0.383 e. The Labute approximate surface area is 124 Å². The van der Waals surface area contributed by atoms with Gasteiger partial charge in [0.2, 0.25) is 0 Å². The standard InChI is InChI=1S/C18H20OS/c19-18(17-11-13-7-4-10-16(13)20-17)15-9-2-1-8-14(15)12-5-3-6-12/h1-2,8-9,11-12,18-19H,3-7,10H2. The van der Waals surface area contributed by atoms with Crippen LogP contribution in [0.15, 0.2) is 30.3 Å². The maximum atomic E-state index is 10.8. The first kappa shape index (κ1) is 12.6. The van der Waals surface area contributed by atoms with Crippen molar-refractivity contribution in [2.75, 3.05) is 0 Å². The molecule has 1 atom stereocenters. The maximum Gasteiger partial charge on any atom is 0.113 e. The van der Waals surface area contributed by atoms with Crippen molar-refractivity contribution in [2.45, 2.75) is 50.5 Å². The first-order valence-corrected chi connectivity index (χ1v) is 8.53. The fourth-order valence-electron chi connectivity index (χ4n) is 3.49. The monoisotopic (exact) mass is 284 g/mol. The second-order valence-corrected chi connectivity index (χ2v) is 7.28. The topological polar surface area (TPSA) is 20.2 Å². The van der Waals surface area contributed by atoms with E-state index in [2.05, 4.69) is 30.3 Å². The highest BCUT2D eigenvalue weighted by molar-refractivity contribution is 7.12. The molecule has 0 saturated heterocycles. The van der Waals surface area contributed by atoms with Gasteiger partial charge >= 0.3 is 0 Å². The van der Waals surface area contributed by atoms with E-state index in [9.17, 15) is 5.11 Å². The van der Waals surface area contributed by atoms with Crippen LogP contribution in [0.5, 0.6) is 0 Å². The first-order chi connectivity index (χ1) is 9.83. The summed E-state index contributed by atoms with van der Waals surface area (Å²) in [6.45, 7) is 0. The van der Waals surface area contributed by atoms with E-state index >= 15 is 0 Å². The Morgan fingerprint density at radius 1 is 1.10 bits per heavy atom. The van der Waals surface area contributed by atoms with Crippen LogP contribution in [0.4, 0.5) is 0 Å². The average molecular weight is 284 g/mol. The van der Waals surface area contributed by atoms with Crippen molar-refractivity contribution in [2.24, 2.45) is 0 Å². The summed E-state index contributed by atoms with van der Waals surface area (Å²) in [5.41, 5.74) is 3.99.